The molecule has 1 aliphatic heterocycles. The van der Waals surface area contributed by atoms with Crippen LogP contribution in [-0.4, -0.2) is 61.0 Å². The van der Waals surface area contributed by atoms with Gasteiger partial charge < -0.3 is 9.64 Å². The number of piperidine rings is 1. The van der Waals surface area contributed by atoms with Crippen LogP contribution in [0.25, 0.3) is 5.65 Å². The summed E-state index contributed by atoms with van der Waals surface area (Å²) in [6, 6.07) is 0. The molecule has 2 amide bonds. The first-order chi connectivity index (χ1) is 11.2. The van der Waals surface area contributed by atoms with E-state index >= 15 is 0 Å². The molecular formula is C12H15N7O3S. The molecule has 0 aromatic carbocycles. The highest BCUT2D eigenvalue weighted by Crippen LogP contribution is 2.13. The highest BCUT2D eigenvalue weighted by molar-refractivity contribution is 7.02. The van der Waals surface area contributed by atoms with Crippen LogP contribution in [0.3, 0.4) is 0 Å². The summed E-state index contributed by atoms with van der Waals surface area (Å²) in [7, 11) is 0. The Morgan fingerprint density at radius 1 is 1.26 bits per heavy atom. The van der Waals surface area contributed by atoms with Crippen molar-refractivity contribution in [2.24, 2.45) is 4.99 Å². The minimum Gasteiger partial charge on any atom is -0.448 e. The van der Waals surface area contributed by atoms with E-state index in [2.05, 4.69) is 24.9 Å². The first-order valence-corrected chi connectivity index (χ1v) is 8.07. The van der Waals surface area contributed by atoms with Crippen molar-refractivity contribution in [1.29, 1.82) is 0 Å². The minimum atomic E-state index is -0.752. The molecule has 0 radical (unpaired) electrons. The van der Waals surface area contributed by atoms with Crippen LogP contribution in [-0.2, 0) is 4.74 Å². The maximum atomic E-state index is 12.5. The summed E-state index contributed by atoms with van der Waals surface area (Å²) in [5, 5.41) is 11.7. The molecule has 1 saturated heterocycles. The van der Waals surface area contributed by atoms with Gasteiger partial charge in [-0.05, 0) is 26.2 Å². The Kier molecular flexibility index (Phi) is 4.55. The number of likely N-dealkylation sites (tertiary alicyclic amines) is 1. The molecule has 0 aliphatic carbocycles. The van der Waals surface area contributed by atoms with Crippen molar-refractivity contribution in [2.45, 2.75) is 26.2 Å². The fourth-order valence-corrected chi connectivity index (χ4v) is 2.82. The van der Waals surface area contributed by atoms with E-state index in [1.807, 2.05) is 0 Å². The van der Waals surface area contributed by atoms with Crippen LogP contribution in [0.5, 0.6) is 0 Å². The van der Waals surface area contributed by atoms with E-state index in [-0.39, 0.29) is 28.7 Å². The Morgan fingerprint density at radius 3 is 2.78 bits per heavy atom. The molecule has 122 valence electrons. The normalized spacial score (nSPS) is 15.9. The molecule has 10 nitrogen and oxygen atoms in total. The molecule has 0 spiro atoms. The van der Waals surface area contributed by atoms with E-state index in [0.717, 1.165) is 30.8 Å². The quantitative estimate of drug-likeness (QED) is 0.772. The van der Waals surface area contributed by atoms with Gasteiger partial charge in [0.25, 0.3) is 5.91 Å². The summed E-state index contributed by atoms with van der Waals surface area (Å²) in [4.78, 5) is 29.6. The number of aromatic nitrogens is 5. The Balaban J connectivity index is 1.98. The summed E-state index contributed by atoms with van der Waals surface area (Å²) in [6.07, 6.45) is 2.32. The molecule has 1 fully saturated rings. The molecule has 0 atom stereocenters. The topological polar surface area (TPSA) is 115 Å². The summed E-state index contributed by atoms with van der Waals surface area (Å²) in [5.74, 6) is -0.229. The van der Waals surface area contributed by atoms with Gasteiger partial charge in [0.1, 0.15) is 0 Å². The third-order valence-electron chi connectivity index (χ3n) is 3.39. The van der Waals surface area contributed by atoms with Crippen molar-refractivity contribution < 1.29 is 14.3 Å². The average Bonchev–Trinajstić information content (AvgIpc) is 3.00. The lowest BCUT2D eigenvalue weighted by molar-refractivity contribution is 0.0720. The second-order valence-corrected chi connectivity index (χ2v) is 5.60. The van der Waals surface area contributed by atoms with Gasteiger partial charge in [-0.1, -0.05) is 9.70 Å². The SMILES string of the molecule is CCOC(=O)/N=c1\snnc2c(C(=O)N3CCCCC3)nnn12. The lowest BCUT2D eigenvalue weighted by Crippen LogP contribution is -2.36. The van der Waals surface area contributed by atoms with Crippen molar-refractivity contribution in [1.82, 2.24) is 29.3 Å². The van der Waals surface area contributed by atoms with Gasteiger partial charge in [0.2, 0.25) is 10.4 Å². The minimum absolute atomic E-state index is 0.118. The van der Waals surface area contributed by atoms with Gasteiger partial charge in [0, 0.05) is 24.6 Å². The predicted octanol–water partition coefficient (Wildman–Crippen LogP) is 0.264. The predicted molar refractivity (Wildman–Crippen MR) is 78.8 cm³/mol. The molecule has 0 saturated carbocycles. The number of ether oxygens (including phenoxy) is 1. The summed E-state index contributed by atoms with van der Waals surface area (Å²) in [6.45, 7) is 3.29. The Morgan fingerprint density at radius 2 is 2.04 bits per heavy atom. The molecule has 3 heterocycles. The van der Waals surface area contributed by atoms with Gasteiger partial charge in [-0.15, -0.1) is 15.2 Å². The lowest BCUT2D eigenvalue weighted by Gasteiger charge is -2.25. The molecule has 0 bridgehead atoms. The van der Waals surface area contributed by atoms with Crippen LogP contribution in [0.2, 0.25) is 0 Å². The van der Waals surface area contributed by atoms with Crippen LogP contribution >= 0.6 is 11.5 Å². The van der Waals surface area contributed by atoms with Crippen LogP contribution in [0, 0.1) is 0 Å². The van der Waals surface area contributed by atoms with Crippen LogP contribution in [0.15, 0.2) is 4.99 Å². The largest absolute Gasteiger partial charge is 0.448 e. The molecule has 0 unspecified atom stereocenters. The zero-order valence-electron chi connectivity index (χ0n) is 12.5. The first kappa shape index (κ1) is 15.5. The van der Waals surface area contributed by atoms with Crippen LogP contribution in [0.1, 0.15) is 36.7 Å². The molecule has 2 aromatic rings. The maximum absolute atomic E-state index is 12.5. The number of hydrogen-bond acceptors (Lipinski definition) is 8. The third-order valence-corrected chi connectivity index (χ3v) is 3.98. The maximum Gasteiger partial charge on any atom is 0.436 e. The van der Waals surface area contributed by atoms with Crippen molar-refractivity contribution in [3.8, 4) is 0 Å². The number of rotatable bonds is 2. The zero-order chi connectivity index (χ0) is 16.2. The molecule has 23 heavy (non-hydrogen) atoms. The van der Waals surface area contributed by atoms with E-state index in [1.165, 1.54) is 4.52 Å². The van der Waals surface area contributed by atoms with E-state index in [0.29, 0.717) is 13.1 Å². The molecule has 1 aliphatic rings. The second kappa shape index (κ2) is 6.77. The van der Waals surface area contributed by atoms with Crippen LogP contribution in [0.4, 0.5) is 4.79 Å². The van der Waals surface area contributed by atoms with Crippen molar-refractivity contribution >= 4 is 29.2 Å². The van der Waals surface area contributed by atoms with Crippen molar-refractivity contribution in [2.75, 3.05) is 19.7 Å². The second-order valence-electron chi connectivity index (χ2n) is 4.89. The smallest absolute Gasteiger partial charge is 0.436 e. The summed E-state index contributed by atoms with van der Waals surface area (Å²) < 4.78 is 9.79. The number of hydrogen-bond donors (Lipinski definition) is 0. The zero-order valence-corrected chi connectivity index (χ0v) is 13.3. The molecular weight excluding hydrogens is 322 g/mol. The van der Waals surface area contributed by atoms with Gasteiger partial charge in [0.05, 0.1) is 6.61 Å². The number of nitrogens with zero attached hydrogens (tertiary/aromatic N) is 7. The summed E-state index contributed by atoms with van der Waals surface area (Å²) in [5.41, 5.74) is 0.301. The Bertz CT molecular complexity index is 793. The molecule has 3 rings (SSSR count). The first-order valence-electron chi connectivity index (χ1n) is 7.29. The number of fused-ring (bicyclic) bond motifs is 1. The molecule has 0 N–H and O–H groups in total. The van der Waals surface area contributed by atoms with Crippen molar-refractivity contribution in [3.05, 3.63) is 10.5 Å². The monoisotopic (exact) mass is 337 g/mol. The van der Waals surface area contributed by atoms with E-state index in [1.54, 1.807) is 11.8 Å². The van der Waals surface area contributed by atoms with Gasteiger partial charge in [0.15, 0.2) is 5.69 Å². The van der Waals surface area contributed by atoms with Gasteiger partial charge in [-0.3, -0.25) is 4.79 Å². The van der Waals surface area contributed by atoms with Crippen molar-refractivity contribution in [3.63, 3.8) is 0 Å². The van der Waals surface area contributed by atoms with Gasteiger partial charge >= 0.3 is 6.09 Å². The fourth-order valence-electron chi connectivity index (χ4n) is 2.32. The Labute approximate surface area is 134 Å². The van der Waals surface area contributed by atoms with E-state index in [4.69, 9.17) is 4.74 Å². The number of carbonyl (C=O) groups is 2. The van der Waals surface area contributed by atoms with Gasteiger partial charge in [-0.25, -0.2) is 4.79 Å². The highest BCUT2D eigenvalue weighted by Gasteiger charge is 2.24. The van der Waals surface area contributed by atoms with Crippen LogP contribution < -0.4 is 4.80 Å². The van der Waals surface area contributed by atoms with Gasteiger partial charge in [-0.2, -0.15) is 4.52 Å². The summed E-state index contributed by atoms with van der Waals surface area (Å²) >= 11 is 0.864. The third kappa shape index (κ3) is 3.18. The standard InChI is InChI=1S/C12H15N7O3S/c1-2-22-12(21)13-11-19-9(15-17-23-11)8(14-16-19)10(20)18-6-4-3-5-7-18/h2-7H2,1H3/b13-11-. The lowest BCUT2D eigenvalue weighted by atomic mass is 10.1. The average molecular weight is 337 g/mol. The molecule has 2 aromatic heterocycles. The number of amides is 2. The fraction of sp³-hybridized carbons (Fsp3) is 0.583. The highest BCUT2D eigenvalue weighted by atomic mass is 32.1. The van der Waals surface area contributed by atoms with E-state index in [9.17, 15) is 9.59 Å². The van der Waals surface area contributed by atoms with E-state index < -0.39 is 6.09 Å². The Hall–Kier alpha value is -2.43. The molecule has 11 heteroatoms. The number of carbonyl (C=O) groups excluding carboxylic acids is 2.